The molecule has 1 aliphatic heterocycles. The maximum Gasteiger partial charge on any atom is 0.183 e. The summed E-state index contributed by atoms with van der Waals surface area (Å²) in [6.07, 6.45) is -0.821. The molecule has 0 spiro atoms. The van der Waals surface area contributed by atoms with Crippen LogP contribution in [0.2, 0.25) is 0 Å². The minimum atomic E-state index is -0.821. The van der Waals surface area contributed by atoms with Crippen LogP contribution in [0.15, 0.2) is 0 Å². The molecule has 0 amide bonds. The molecule has 2 heterocycles. The van der Waals surface area contributed by atoms with Crippen LogP contribution in [0.5, 0.6) is 0 Å². The van der Waals surface area contributed by atoms with E-state index in [1.165, 1.54) is 0 Å². The second kappa shape index (κ2) is 3.29. The highest BCUT2D eigenvalue weighted by atomic mass is 16.6. The van der Waals surface area contributed by atoms with Gasteiger partial charge in [-0.15, -0.1) is 0 Å². The molecule has 4 heteroatoms. The molecule has 0 radical (unpaired) electrons. The third kappa shape index (κ3) is 1.31. The molecule has 1 aromatic rings. The lowest BCUT2D eigenvalue weighted by molar-refractivity contribution is -0.0922. The number of rotatable bonds is 1. The average Bonchev–Trinajstić information content (AvgIpc) is 2.49. The van der Waals surface area contributed by atoms with Gasteiger partial charge in [0, 0.05) is 11.1 Å². The molecule has 4 nitrogen and oxygen atoms in total. The van der Waals surface area contributed by atoms with E-state index in [1.54, 1.807) is 0 Å². The van der Waals surface area contributed by atoms with Gasteiger partial charge >= 0.3 is 0 Å². The van der Waals surface area contributed by atoms with Gasteiger partial charge in [-0.2, -0.15) is 10.2 Å². The Kier molecular flexibility index (Phi) is 2.25. The molecule has 76 valence electrons. The largest absolute Gasteiger partial charge is 0.364 e. The SMILES string of the molecule is Cc1nnc(C(C)C)c2c1C(O)OC2. The van der Waals surface area contributed by atoms with Gasteiger partial charge in [0.1, 0.15) is 0 Å². The number of fused-ring (bicyclic) bond motifs is 1. The van der Waals surface area contributed by atoms with Crippen LogP contribution < -0.4 is 0 Å². The quantitative estimate of drug-likeness (QED) is 0.734. The van der Waals surface area contributed by atoms with Crippen LogP contribution in [0.1, 0.15) is 48.6 Å². The van der Waals surface area contributed by atoms with Gasteiger partial charge in [-0.3, -0.25) is 0 Å². The van der Waals surface area contributed by atoms with Crippen molar-refractivity contribution in [3.8, 4) is 0 Å². The Morgan fingerprint density at radius 2 is 2.14 bits per heavy atom. The van der Waals surface area contributed by atoms with Crippen molar-refractivity contribution in [2.75, 3.05) is 0 Å². The Hall–Kier alpha value is -1.00. The lowest BCUT2D eigenvalue weighted by Gasteiger charge is -2.10. The van der Waals surface area contributed by atoms with Gasteiger partial charge in [0.2, 0.25) is 0 Å². The van der Waals surface area contributed by atoms with Crippen molar-refractivity contribution in [3.63, 3.8) is 0 Å². The van der Waals surface area contributed by atoms with Crippen molar-refractivity contribution in [3.05, 3.63) is 22.5 Å². The van der Waals surface area contributed by atoms with Crippen molar-refractivity contribution in [1.29, 1.82) is 0 Å². The first kappa shape index (κ1) is 9.55. The number of nitrogens with zero attached hydrogens (tertiary/aromatic N) is 2. The minimum absolute atomic E-state index is 0.311. The molecule has 0 aromatic carbocycles. The highest BCUT2D eigenvalue weighted by molar-refractivity contribution is 5.36. The number of aliphatic hydroxyl groups excluding tert-OH is 1. The fourth-order valence-corrected chi connectivity index (χ4v) is 1.79. The summed E-state index contributed by atoms with van der Waals surface area (Å²) in [5, 5.41) is 17.8. The smallest absolute Gasteiger partial charge is 0.183 e. The van der Waals surface area contributed by atoms with Gasteiger partial charge in [-0.1, -0.05) is 13.8 Å². The van der Waals surface area contributed by atoms with Crippen molar-refractivity contribution >= 4 is 0 Å². The Labute approximate surface area is 82.9 Å². The lowest BCUT2D eigenvalue weighted by Crippen LogP contribution is -2.06. The number of aromatic nitrogens is 2. The van der Waals surface area contributed by atoms with Crippen molar-refractivity contribution in [2.24, 2.45) is 0 Å². The zero-order valence-corrected chi connectivity index (χ0v) is 8.61. The van der Waals surface area contributed by atoms with E-state index in [9.17, 15) is 5.11 Å². The Balaban J connectivity index is 2.59. The number of hydrogen-bond acceptors (Lipinski definition) is 4. The first-order chi connectivity index (χ1) is 6.61. The van der Waals surface area contributed by atoms with Crippen molar-refractivity contribution in [1.82, 2.24) is 10.2 Å². The lowest BCUT2D eigenvalue weighted by atomic mass is 10.0. The topological polar surface area (TPSA) is 55.2 Å². The summed E-state index contributed by atoms with van der Waals surface area (Å²) >= 11 is 0. The van der Waals surface area contributed by atoms with E-state index in [-0.39, 0.29) is 0 Å². The van der Waals surface area contributed by atoms with E-state index in [1.807, 2.05) is 6.92 Å². The number of hydrogen-bond donors (Lipinski definition) is 1. The maximum absolute atomic E-state index is 9.58. The first-order valence-corrected chi connectivity index (χ1v) is 4.77. The third-order valence-electron chi connectivity index (χ3n) is 2.51. The number of aryl methyl sites for hydroxylation is 1. The van der Waals surface area contributed by atoms with Crippen LogP contribution in [0.25, 0.3) is 0 Å². The summed E-state index contributed by atoms with van der Waals surface area (Å²) in [7, 11) is 0. The van der Waals surface area contributed by atoms with E-state index in [0.29, 0.717) is 12.5 Å². The molecule has 2 rings (SSSR count). The summed E-state index contributed by atoms with van der Waals surface area (Å²) in [5.74, 6) is 0.311. The molecule has 1 aromatic heterocycles. The molecule has 0 bridgehead atoms. The molecule has 1 unspecified atom stereocenters. The zero-order chi connectivity index (χ0) is 10.3. The molecule has 14 heavy (non-hydrogen) atoms. The summed E-state index contributed by atoms with van der Waals surface area (Å²) in [6, 6.07) is 0. The minimum Gasteiger partial charge on any atom is -0.364 e. The molecule has 0 fully saturated rings. The summed E-state index contributed by atoms with van der Waals surface area (Å²) in [5.41, 5.74) is 3.51. The van der Waals surface area contributed by atoms with Crippen LogP contribution in [-0.4, -0.2) is 15.3 Å². The van der Waals surface area contributed by atoms with Crippen LogP contribution in [0.4, 0.5) is 0 Å². The van der Waals surface area contributed by atoms with Gasteiger partial charge < -0.3 is 9.84 Å². The fraction of sp³-hybridized carbons (Fsp3) is 0.600. The van der Waals surface area contributed by atoms with Crippen molar-refractivity contribution < 1.29 is 9.84 Å². The molecule has 0 saturated carbocycles. The van der Waals surface area contributed by atoms with Crippen LogP contribution in [0, 0.1) is 6.92 Å². The molecule has 0 aliphatic carbocycles. The predicted octanol–water partition coefficient (Wildman–Crippen LogP) is 1.43. The van der Waals surface area contributed by atoms with Crippen LogP contribution >= 0.6 is 0 Å². The normalized spacial score (nSPS) is 20.2. The number of ether oxygens (including phenoxy) is 1. The van der Waals surface area contributed by atoms with E-state index < -0.39 is 6.29 Å². The first-order valence-electron chi connectivity index (χ1n) is 4.77. The number of aliphatic hydroxyl groups is 1. The Morgan fingerprint density at radius 1 is 1.43 bits per heavy atom. The van der Waals surface area contributed by atoms with E-state index in [2.05, 4.69) is 24.0 Å². The fourth-order valence-electron chi connectivity index (χ4n) is 1.79. The summed E-state index contributed by atoms with van der Waals surface area (Å²) < 4.78 is 5.17. The predicted molar refractivity (Wildman–Crippen MR) is 50.6 cm³/mol. The standard InChI is InChI=1S/C10H14N2O2/c1-5(2)9-7-4-14-10(13)8(7)6(3)11-12-9/h5,10,13H,4H2,1-3H3. The monoisotopic (exact) mass is 194 g/mol. The van der Waals surface area contributed by atoms with Gasteiger partial charge in [0.25, 0.3) is 0 Å². The summed E-state index contributed by atoms with van der Waals surface area (Å²) in [4.78, 5) is 0. The van der Waals surface area contributed by atoms with E-state index in [0.717, 1.165) is 22.5 Å². The molecular weight excluding hydrogens is 180 g/mol. The van der Waals surface area contributed by atoms with Crippen LogP contribution in [0.3, 0.4) is 0 Å². The van der Waals surface area contributed by atoms with Gasteiger partial charge in [0.05, 0.1) is 18.0 Å². The third-order valence-corrected chi connectivity index (χ3v) is 2.51. The van der Waals surface area contributed by atoms with Crippen molar-refractivity contribution in [2.45, 2.75) is 39.6 Å². The second-order valence-electron chi connectivity index (χ2n) is 3.88. The molecule has 0 saturated heterocycles. The van der Waals surface area contributed by atoms with E-state index in [4.69, 9.17) is 4.74 Å². The Morgan fingerprint density at radius 3 is 2.79 bits per heavy atom. The highest BCUT2D eigenvalue weighted by Gasteiger charge is 2.28. The Bertz CT molecular complexity index is 363. The average molecular weight is 194 g/mol. The molecular formula is C10H14N2O2. The zero-order valence-electron chi connectivity index (χ0n) is 8.61. The van der Waals surface area contributed by atoms with Gasteiger partial charge in [-0.05, 0) is 12.8 Å². The van der Waals surface area contributed by atoms with Gasteiger partial charge in [-0.25, -0.2) is 0 Å². The second-order valence-corrected chi connectivity index (χ2v) is 3.88. The van der Waals surface area contributed by atoms with E-state index >= 15 is 0 Å². The maximum atomic E-state index is 9.58. The van der Waals surface area contributed by atoms with Gasteiger partial charge in [0.15, 0.2) is 6.29 Å². The summed E-state index contributed by atoms with van der Waals surface area (Å²) in [6.45, 7) is 6.41. The molecule has 1 aliphatic rings. The molecule has 1 N–H and O–H groups in total. The highest BCUT2D eigenvalue weighted by Crippen LogP contribution is 2.33. The molecule has 1 atom stereocenters. The van der Waals surface area contributed by atoms with Crippen LogP contribution in [-0.2, 0) is 11.3 Å².